The summed E-state index contributed by atoms with van der Waals surface area (Å²) in [6.45, 7) is 0. The Balaban J connectivity index is 2.32. The van der Waals surface area contributed by atoms with Gasteiger partial charge in [0.05, 0.1) is 12.0 Å². The largest absolute Gasteiger partial charge is 0.469 e. The van der Waals surface area contributed by atoms with Gasteiger partial charge in [0.1, 0.15) is 15.6 Å². The fourth-order valence-corrected chi connectivity index (χ4v) is 2.15. The quantitative estimate of drug-likeness (QED) is 0.540. The van der Waals surface area contributed by atoms with Crippen molar-refractivity contribution in [2.24, 2.45) is 5.84 Å². The SMILES string of the molecule is CS(=O)(=O)CCC(CCc1ccco1)NN. The predicted octanol–water partition coefficient (Wildman–Crippen LogP) is 0.479. The zero-order valence-electron chi connectivity index (χ0n) is 9.35. The summed E-state index contributed by atoms with van der Waals surface area (Å²) in [7, 11) is -2.92. The second-order valence-electron chi connectivity index (χ2n) is 3.90. The van der Waals surface area contributed by atoms with Crippen LogP contribution in [0.1, 0.15) is 18.6 Å². The molecule has 1 aromatic rings. The van der Waals surface area contributed by atoms with Gasteiger partial charge in [0.15, 0.2) is 0 Å². The van der Waals surface area contributed by atoms with E-state index in [2.05, 4.69) is 5.43 Å². The van der Waals surface area contributed by atoms with Crippen molar-refractivity contribution in [2.75, 3.05) is 12.0 Å². The Bertz CT molecular complexity index is 386. The lowest BCUT2D eigenvalue weighted by atomic mass is 10.1. The molecule has 5 nitrogen and oxygen atoms in total. The lowest BCUT2D eigenvalue weighted by Crippen LogP contribution is -2.36. The van der Waals surface area contributed by atoms with Gasteiger partial charge in [0.25, 0.3) is 0 Å². The molecule has 0 spiro atoms. The third-order valence-corrected chi connectivity index (χ3v) is 3.37. The highest BCUT2D eigenvalue weighted by molar-refractivity contribution is 7.90. The summed E-state index contributed by atoms with van der Waals surface area (Å²) >= 11 is 0. The van der Waals surface area contributed by atoms with Gasteiger partial charge in [-0.1, -0.05) is 0 Å². The van der Waals surface area contributed by atoms with Crippen LogP contribution in [0.25, 0.3) is 0 Å². The molecule has 1 aromatic heterocycles. The molecule has 0 bridgehead atoms. The predicted molar refractivity (Wildman–Crippen MR) is 62.5 cm³/mol. The van der Waals surface area contributed by atoms with Crippen LogP contribution in [-0.2, 0) is 16.3 Å². The minimum Gasteiger partial charge on any atom is -0.469 e. The van der Waals surface area contributed by atoms with Crippen LogP contribution >= 0.6 is 0 Å². The molecular formula is C10H18N2O3S. The van der Waals surface area contributed by atoms with E-state index in [4.69, 9.17) is 10.3 Å². The van der Waals surface area contributed by atoms with Crippen LogP contribution < -0.4 is 11.3 Å². The van der Waals surface area contributed by atoms with Gasteiger partial charge in [-0.15, -0.1) is 0 Å². The molecule has 0 amide bonds. The van der Waals surface area contributed by atoms with Crippen LogP contribution in [0, 0.1) is 0 Å². The van der Waals surface area contributed by atoms with Crippen molar-refractivity contribution in [3.8, 4) is 0 Å². The number of nitrogens with one attached hydrogen (secondary N) is 1. The number of hydrogen-bond donors (Lipinski definition) is 2. The van der Waals surface area contributed by atoms with Gasteiger partial charge in [-0.3, -0.25) is 11.3 Å². The second kappa shape index (κ2) is 6.03. The number of furan rings is 1. The number of aryl methyl sites for hydroxylation is 1. The van der Waals surface area contributed by atoms with Crippen molar-refractivity contribution in [3.63, 3.8) is 0 Å². The molecule has 0 aliphatic rings. The summed E-state index contributed by atoms with van der Waals surface area (Å²) in [5.41, 5.74) is 2.63. The third-order valence-electron chi connectivity index (χ3n) is 2.39. The molecule has 0 aliphatic carbocycles. The average Bonchev–Trinajstić information content (AvgIpc) is 2.69. The van der Waals surface area contributed by atoms with Gasteiger partial charge in [-0.25, -0.2) is 8.42 Å². The number of hydrazine groups is 1. The standard InChI is InChI=1S/C10H18N2O3S/c1-16(13,14)8-6-9(12-11)4-5-10-3-2-7-15-10/h2-3,7,9,12H,4-6,8,11H2,1H3. The molecular weight excluding hydrogens is 228 g/mol. The maximum atomic E-state index is 11.0. The zero-order chi connectivity index (χ0) is 12.0. The number of nitrogens with two attached hydrogens (primary N) is 1. The van der Waals surface area contributed by atoms with E-state index in [0.717, 1.165) is 18.6 Å². The summed E-state index contributed by atoms with van der Waals surface area (Å²) in [5, 5.41) is 0. The molecule has 1 unspecified atom stereocenters. The third kappa shape index (κ3) is 5.29. The first-order valence-corrected chi connectivity index (χ1v) is 7.23. The second-order valence-corrected chi connectivity index (χ2v) is 6.16. The maximum absolute atomic E-state index is 11.0. The summed E-state index contributed by atoms with van der Waals surface area (Å²) in [5.74, 6) is 6.41. The minimum atomic E-state index is -2.92. The molecule has 0 fully saturated rings. The summed E-state index contributed by atoms with van der Waals surface area (Å²) < 4.78 is 27.2. The maximum Gasteiger partial charge on any atom is 0.147 e. The van der Waals surface area contributed by atoms with Crippen molar-refractivity contribution >= 4 is 9.84 Å². The Labute approximate surface area is 95.9 Å². The molecule has 6 heteroatoms. The molecule has 1 atom stereocenters. The Morgan fingerprint density at radius 2 is 2.25 bits per heavy atom. The van der Waals surface area contributed by atoms with E-state index in [1.54, 1.807) is 6.26 Å². The molecule has 1 heterocycles. The van der Waals surface area contributed by atoms with Gasteiger partial charge in [0, 0.05) is 18.7 Å². The van der Waals surface area contributed by atoms with E-state index in [1.165, 1.54) is 6.26 Å². The first-order chi connectivity index (χ1) is 7.51. The molecule has 0 aromatic carbocycles. The van der Waals surface area contributed by atoms with Crippen molar-refractivity contribution in [3.05, 3.63) is 24.2 Å². The van der Waals surface area contributed by atoms with Crippen molar-refractivity contribution in [1.82, 2.24) is 5.43 Å². The van der Waals surface area contributed by atoms with Crippen molar-refractivity contribution < 1.29 is 12.8 Å². The first-order valence-electron chi connectivity index (χ1n) is 5.17. The molecule has 0 saturated heterocycles. The average molecular weight is 246 g/mol. The van der Waals surface area contributed by atoms with Crippen LogP contribution in [0.4, 0.5) is 0 Å². The number of rotatable bonds is 7. The van der Waals surface area contributed by atoms with E-state index >= 15 is 0 Å². The van der Waals surface area contributed by atoms with Crippen LogP contribution in [0.5, 0.6) is 0 Å². The first kappa shape index (κ1) is 13.2. The molecule has 16 heavy (non-hydrogen) atoms. The molecule has 1 rings (SSSR count). The van der Waals surface area contributed by atoms with Crippen LogP contribution in [0.2, 0.25) is 0 Å². The Kier molecular flexibility index (Phi) is 4.98. The van der Waals surface area contributed by atoms with E-state index in [0.29, 0.717) is 6.42 Å². The zero-order valence-corrected chi connectivity index (χ0v) is 10.2. The lowest BCUT2D eigenvalue weighted by molar-refractivity contribution is 0.441. The number of hydrogen-bond acceptors (Lipinski definition) is 5. The highest BCUT2D eigenvalue weighted by Crippen LogP contribution is 2.08. The van der Waals surface area contributed by atoms with Gasteiger partial charge >= 0.3 is 0 Å². The van der Waals surface area contributed by atoms with Crippen molar-refractivity contribution in [2.45, 2.75) is 25.3 Å². The molecule has 92 valence electrons. The van der Waals surface area contributed by atoms with E-state index in [-0.39, 0.29) is 11.8 Å². The normalized spacial score (nSPS) is 13.9. The smallest absolute Gasteiger partial charge is 0.147 e. The molecule has 0 radical (unpaired) electrons. The monoisotopic (exact) mass is 246 g/mol. The van der Waals surface area contributed by atoms with E-state index < -0.39 is 9.84 Å². The molecule has 0 aliphatic heterocycles. The highest BCUT2D eigenvalue weighted by Gasteiger charge is 2.11. The fourth-order valence-electron chi connectivity index (χ4n) is 1.44. The highest BCUT2D eigenvalue weighted by atomic mass is 32.2. The van der Waals surface area contributed by atoms with E-state index in [9.17, 15) is 8.42 Å². The minimum absolute atomic E-state index is 0.000162. The number of sulfone groups is 1. The van der Waals surface area contributed by atoms with Crippen LogP contribution in [0.3, 0.4) is 0 Å². The van der Waals surface area contributed by atoms with E-state index in [1.807, 2.05) is 12.1 Å². The van der Waals surface area contributed by atoms with Gasteiger partial charge in [-0.2, -0.15) is 0 Å². The summed E-state index contributed by atoms with van der Waals surface area (Å²) in [6, 6.07) is 3.72. The topological polar surface area (TPSA) is 85.3 Å². The Hall–Kier alpha value is -0.850. The lowest BCUT2D eigenvalue weighted by Gasteiger charge is -2.14. The van der Waals surface area contributed by atoms with Gasteiger partial charge in [0.2, 0.25) is 0 Å². The van der Waals surface area contributed by atoms with Crippen LogP contribution in [0.15, 0.2) is 22.8 Å². The van der Waals surface area contributed by atoms with Crippen molar-refractivity contribution in [1.29, 1.82) is 0 Å². The summed E-state index contributed by atoms with van der Waals surface area (Å²) in [4.78, 5) is 0. The van der Waals surface area contributed by atoms with Crippen LogP contribution in [-0.4, -0.2) is 26.5 Å². The Morgan fingerprint density at radius 3 is 2.75 bits per heavy atom. The Morgan fingerprint density at radius 1 is 1.50 bits per heavy atom. The van der Waals surface area contributed by atoms with Gasteiger partial charge < -0.3 is 4.42 Å². The molecule has 0 saturated carbocycles. The van der Waals surface area contributed by atoms with Gasteiger partial charge in [-0.05, 0) is 25.0 Å². The fraction of sp³-hybridized carbons (Fsp3) is 0.600. The summed E-state index contributed by atoms with van der Waals surface area (Å²) in [6.07, 6.45) is 4.89. The molecule has 3 N–H and O–H groups in total.